The molecule has 0 fully saturated rings. The monoisotopic (exact) mass is 326 g/mol. The van der Waals surface area contributed by atoms with Crippen LogP contribution in [0, 0.1) is 0 Å². The minimum Gasteiger partial charge on any atom is -0.377 e. The predicted octanol–water partition coefficient (Wildman–Crippen LogP) is 3.93. The second-order valence-corrected chi connectivity index (χ2v) is 5.33. The molecule has 0 bridgehead atoms. The number of hydrogen-bond donors (Lipinski definition) is 3. The van der Waals surface area contributed by atoms with E-state index in [1.54, 1.807) is 42.7 Å². The van der Waals surface area contributed by atoms with Gasteiger partial charge in [-0.3, -0.25) is 4.79 Å². The number of halogens is 1. The first-order valence-corrected chi connectivity index (χ1v) is 7.48. The van der Waals surface area contributed by atoms with Gasteiger partial charge in [0.15, 0.2) is 0 Å². The van der Waals surface area contributed by atoms with Crippen LogP contribution in [-0.4, -0.2) is 15.9 Å². The van der Waals surface area contributed by atoms with E-state index in [0.717, 1.165) is 11.5 Å². The molecule has 3 aromatic rings. The molecule has 0 aliphatic rings. The lowest BCUT2D eigenvalue weighted by atomic mass is 10.1. The summed E-state index contributed by atoms with van der Waals surface area (Å²) in [7, 11) is 0. The van der Waals surface area contributed by atoms with Crippen LogP contribution in [0.2, 0.25) is 5.02 Å². The number of nitrogens with one attached hydrogen (secondary N) is 3. The van der Waals surface area contributed by atoms with Crippen molar-refractivity contribution in [2.24, 2.45) is 0 Å². The number of hydrogen-bond acceptors (Lipinski definition) is 3. The molecular weight excluding hydrogens is 312 g/mol. The number of benzene rings is 2. The van der Waals surface area contributed by atoms with Gasteiger partial charge in [-0.1, -0.05) is 23.7 Å². The van der Waals surface area contributed by atoms with E-state index in [2.05, 4.69) is 20.6 Å². The van der Waals surface area contributed by atoms with Gasteiger partial charge in [0.1, 0.15) is 5.82 Å². The quantitative estimate of drug-likeness (QED) is 0.665. The molecule has 116 valence electrons. The van der Waals surface area contributed by atoms with Crippen LogP contribution < -0.4 is 10.6 Å². The fourth-order valence-corrected chi connectivity index (χ4v) is 2.27. The van der Waals surface area contributed by atoms with Crippen molar-refractivity contribution in [2.75, 3.05) is 10.6 Å². The molecule has 0 radical (unpaired) electrons. The number of nitrogens with zero attached hydrogens (tertiary/aromatic N) is 1. The Morgan fingerprint density at radius 3 is 2.65 bits per heavy atom. The molecule has 0 spiro atoms. The maximum absolute atomic E-state index is 12.5. The summed E-state index contributed by atoms with van der Waals surface area (Å²) < 4.78 is 0. The fraction of sp³-hybridized carbons (Fsp3) is 0.0588. The molecule has 0 saturated carbocycles. The van der Waals surface area contributed by atoms with Gasteiger partial charge >= 0.3 is 0 Å². The van der Waals surface area contributed by atoms with Gasteiger partial charge in [0.2, 0.25) is 0 Å². The van der Waals surface area contributed by atoms with Crippen LogP contribution in [0.15, 0.2) is 60.9 Å². The molecule has 23 heavy (non-hydrogen) atoms. The van der Waals surface area contributed by atoms with Gasteiger partial charge < -0.3 is 15.6 Å². The summed E-state index contributed by atoms with van der Waals surface area (Å²) in [6.07, 6.45) is 3.45. The van der Waals surface area contributed by atoms with Gasteiger partial charge in [0, 0.05) is 28.8 Å². The van der Waals surface area contributed by atoms with Crippen molar-refractivity contribution >= 4 is 28.9 Å². The van der Waals surface area contributed by atoms with Crippen LogP contribution in [0.5, 0.6) is 0 Å². The third-order valence-corrected chi connectivity index (χ3v) is 3.53. The van der Waals surface area contributed by atoms with E-state index in [0.29, 0.717) is 22.8 Å². The Labute approximate surface area is 138 Å². The number of rotatable bonds is 5. The Morgan fingerprint density at radius 1 is 1.13 bits per heavy atom. The highest BCUT2D eigenvalue weighted by molar-refractivity contribution is 6.30. The number of imidazole rings is 1. The summed E-state index contributed by atoms with van der Waals surface area (Å²) in [5.74, 6) is 0.618. The Morgan fingerprint density at radius 2 is 1.91 bits per heavy atom. The fourth-order valence-electron chi connectivity index (χ4n) is 2.14. The SMILES string of the molecule is O=C(Nc1ccc(Cl)cc1)c1ccccc1NCc1ncc[nH]1. The van der Waals surface area contributed by atoms with Crippen LogP contribution >= 0.6 is 11.6 Å². The van der Waals surface area contributed by atoms with Gasteiger partial charge in [-0.25, -0.2) is 4.98 Å². The summed E-state index contributed by atoms with van der Waals surface area (Å²) in [4.78, 5) is 19.6. The van der Waals surface area contributed by atoms with Crippen LogP contribution in [0.4, 0.5) is 11.4 Å². The number of aromatic nitrogens is 2. The van der Waals surface area contributed by atoms with Crippen LogP contribution in [0.25, 0.3) is 0 Å². The highest BCUT2D eigenvalue weighted by atomic mass is 35.5. The largest absolute Gasteiger partial charge is 0.377 e. The van der Waals surface area contributed by atoms with Crippen LogP contribution in [0.1, 0.15) is 16.2 Å². The lowest BCUT2D eigenvalue weighted by molar-refractivity contribution is 0.102. The smallest absolute Gasteiger partial charge is 0.257 e. The Kier molecular flexibility index (Phi) is 4.59. The number of carbonyl (C=O) groups excluding carboxylic acids is 1. The second kappa shape index (κ2) is 6.98. The van der Waals surface area contributed by atoms with E-state index in [9.17, 15) is 4.79 Å². The molecule has 1 amide bonds. The maximum Gasteiger partial charge on any atom is 0.257 e. The zero-order chi connectivity index (χ0) is 16.1. The molecule has 3 rings (SSSR count). The molecule has 3 N–H and O–H groups in total. The number of amides is 1. The highest BCUT2D eigenvalue weighted by Crippen LogP contribution is 2.19. The normalized spacial score (nSPS) is 10.3. The van der Waals surface area contributed by atoms with E-state index in [1.807, 2.05) is 18.2 Å². The van der Waals surface area contributed by atoms with Gasteiger partial charge in [0.25, 0.3) is 5.91 Å². The molecule has 0 aliphatic carbocycles. The van der Waals surface area contributed by atoms with Crippen molar-refractivity contribution in [3.63, 3.8) is 0 Å². The molecule has 2 aromatic carbocycles. The minimum atomic E-state index is -0.185. The maximum atomic E-state index is 12.5. The van der Waals surface area contributed by atoms with E-state index < -0.39 is 0 Å². The molecule has 0 unspecified atom stereocenters. The van der Waals surface area contributed by atoms with Gasteiger partial charge in [-0.05, 0) is 36.4 Å². The summed E-state index contributed by atoms with van der Waals surface area (Å²) >= 11 is 5.85. The molecule has 5 nitrogen and oxygen atoms in total. The van der Waals surface area contributed by atoms with E-state index in [1.165, 1.54) is 0 Å². The number of anilines is 2. The first kappa shape index (κ1) is 15.1. The second-order valence-electron chi connectivity index (χ2n) is 4.90. The third kappa shape index (κ3) is 3.90. The van der Waals surface area contributed by atoms with Crippen molar-refractivity contribution < 1.29 is 4.79 Å². The minimum absolute atomic E-state index is 0.185. The van der Waals surface area contributed by atoms with Crippen molar-refractivity contribution in [2.45, 2.75) is 6.54 Å². The van der Waals surface area contributed by atoms with Gasteiger partial charge in [0.05, 0.1) is 12.1 Å². The van der Waals surface area contributed by atoms with Crippen molar-refractivity contribution in [1.29, 1.82) is 0 Å². The van der Waals surface area contributed by atoms with E-state index in [-0.39, 0.29) is 5.91 Å². The molecule has 0 saturated heterocycles. The summed E-state index contributed by atoms with van der Waals surface area (Å²) in [5, 5.41) is 6.70. The number of H-pyrrole nitrogens is 1. The average Bonchev–Trinajstić information content (AvgIpc) is 3.09. The molecule has 1 heterocycles. The van der Waals surface area contributed by atoms with Gasteiger partial charge in [-0.2, -0.15) is 0 Å². The molecular formula is C17H15ClN4O. The Balaban J connectivity index is 1.73. The van der Waals surface area contributed by atoms with Crippen molar-refractivity contribution in [3.8, 4) is 0 Å². The molecule has 1 aromatic heterocycles. The lowest BCUT2D eigenvalue weighted by Crippen LogP contribution is -2.15. The van der Waals surface area contributed by atoms with E-state index in [4.69, 9.17) is 11.6 Å². The first-order valence-electron chi connectivity index (χ1n) is 7.10. The topological polar surface area (TPSA) is 69.8 Å². The van der Waals surface area contributed by atoms with Crippen LogP contribution in [0.3, 0.4) is 0 Å². The first-order chi connectivity index (χ1) is 11.2. The molecule has 6 heteroatoms. The standard InChI is InChI=1S/C17H15ClN4O/c18-12-5-7-13(8-6-12)22-17(23)14-3-1-2-4-15(14)21-11-16-19-9-10-20-16/h1-10,21H,11H2,(H,19,20)(H,22,23). The highest BCUT2D eigenvalue weighted by Gasteiger charge is 2.11. The van der Waals surface area contributed by atoms with E-state index >= 15 is 0 Å². The lowest BCUT2D eigenvalue weighted by Gasteiger charge is -2.11. The summed E-state index contributed by atoms with van der Waals surface area (Å²) in [6.45, 7) is 0.512. The van der Waals surface area contributed by atoms with Crippen molar-refractivity contribution in [1.82, 2.24) is 9.97 Å². The number of para-hydroxylation sites is 1. The Hall–Kier alpha value is -2.79. The third-order valence-electron chi connectivity index (χ3n) is 3.27. The number of carbonyl (C=O) groups is 1. The molecule has 0 aliphatic heterocycles. The average molecular weight is 327 g/mol. The summed E-state index contributed by atoms with van der Waals surface area (Å²) in [5.41, 5.74) is 2.00. The zero-order valence-corrected chi connectivity index (χ0v) is 13.0. The summed E-state index contributed by atoms with van der Waals surface area (Å²) in [6, 6.07) is 14.3. The van der Waals surface area contributed by atoms with Crippen molar-refractivity contribution in [3.05, 3.63) is 77.3 Å². The van der Waals surface area contributed by atoms with Crippen LogP contribution in [-0.2, 0) is 6.54 Å². The van der Waals surface area contributed by atoms with Gasteiger partial charge in [-0.15, -0.1) is 0 Å². The molecule has 0 atom stereocenters. The Bertz CT molecular complexity index is 785. The number of aromatic amines is 1. The zero-order valence-electron chi connectivity index (χ0n) is 12.2. The predicted molar refractivity (Wildman–Crippen MR) is 91.8 cm³/mol.